The summed E-state index contributed by atoms with van der Waals surface area (Å²) < 4.78 is 20.5. The highest BCUT2D eigenvalue weighted by Crippen LogP contribution is 2.24. The Morgan fingerprint density at radius 3 is 2.90 bits per heavy atom. The summed E-state index contributed by atoms with van der Waals surface area (Å²) in [6.07, 6.45) is 1.32. The molecule has 0 saturated carbocycles. The summed E-state index contributed by atoms with van der Waals surface area (Å²) in [4.78, 5) is 18.9. The average Bonchev–Trinajstić information content (AvgIpc) is 2.86. The molecule has 1 N–H and O–H groups in total. The number of hydrogen-bond donors (Lipinski definition) is 1. The van der Waals surface area contributed by atoms with E-state index in [2.05, 4.69) is 15.1 Å². The maximum Gasteiger partial charge on any atom is 0.338 e. The van der Waals surface area contributed by atoms with E-state index in [-0.39, 0.29) is 5.75 Å². The van der Waals surface area contributed by atoms with E-state index >= 15 is 0 Å². The number of rotatable bonds is 3. The Morgan fingerprint density at radius 2 is 2.19 bits per heavy atom. The monoisotopic (exact) mass is 288 g/mol. The molecule has 0 amide bonds. The predicted octanol–water partition coefficient (Wildman–Crippen LogP) is 2.06. The molecule has 1 aromatic carbocycles. The molecule has 8 heteroatoms. The van der Waals surface area contributed by atoms with Gasteiger partial charge in [-0.25, -0.2) is 14.2 Å². The van der Waals surface area contributed by atoms with Crippen molar-refractivity contribution in [1.29, 1.82) is 0 Å². The maximum atomic E-state index is 13.6. The van der Waals surface area contributed by atoms with Gasteiger partial charge in [-0.1, -0.05) is 0 Å². The number of carboxylic acids is 1. The minimum atomic E-state index is -1.34. The number of ether oxygens (including phenoxy) is 1. The van der Waals surface area contributed by atoms with Gasteiger partial charge >= 0.3 is 5.97 Å². The van der Waals surface area contributed by atoms with E-state index in [0.29, 0.717) is 17.4 Å². The number of aryl methyl sites for hydroxylation is 1. The summed E-state index contributed by atoms with van der Waals surface area (Å²) in [5.74, 6) is -1.40. The second kappa shape index (κ2) is 4.82. The molecule has 3 rings (SSSR count). The number of nitrogens with zero attached hydrogens (tertiary/aromatic N) is 4. The summed E-state index contributed by atoms with van der Waals surface area (Å²) in [5.41, 5.74) is 0.243. The smallest absolute Gasteiger partial charge is 0.338 e. The van der Waals surface area contributed by atoms with Crippen molar-refractivity contribution in [1.82, 2.24) is 19.6 Å². The van der Waals surface area contributed by atoms with E-state index in [1.54, 1.807) is 13.0 Å². The molecular weight excluding hydrogens is 279 g/mol. The van der Waals surface area contributed by atoms with Gasteiger partial charge in [-0.2, -0.15) is 14.6 Å². The molecule has 2 heterocycles. The standard InChI is InChI=1S/C13H9FN4O3/c1-7-4-11(18-13(17-7)15-6-16-18)21-8-2-3-9(12(19)20)10(14)5-8/h2-6H,1H3,(H,19,20). The SMILES string of the molecule is Cc1cc(Oc2ccc(C(=O)O)c(F)c2)n2ncnc2n1. The summed E-state index contributed by atoms with van der Waals surface area (Å²) in [7, 11) is 0. The number of aromatic carboxylic acids is 1. The fraction of sp³-hybridized carbons (Fsp3) is 0.0769. The van der Waals surface area contributed by atoms with Gasteiger partial charge in [0.25, 0.3) is 5.78 Å². The molecule has 21 heavy (non-hydrogen) atoms. The Balaban J connectivity index is 2.00. The van der Waals surface area contributed by atoms with Gasteiger partial charge in [0.2, 0.25) is 5.88 Å². The Hall–Kier alpha value is -3.03. The van der Waals surface area contributed by atoms with Gasteiger partial charge in [0.1, 0.15) is 17.9 Å². The number of aromatic nitrogens is 4. The van der Waals surface area contributed by atoms with Crippen molar-refractivity contribution in [3.8, 4) is 11.6 Å². The minimum Gasteiger partial charge on any atom is -0.478 e. The van der Waals surface area contributed by atoms with Gasteiger partial charge < -0.3 is 9.84 Å². The lowest BCUT2D eigenvalue weighted by molar-refractivity contribution is 0.0692. The molecule has 0 fully saturated rings. The Morgan fingerprint density at radius 1 is 1.38 bits per heavy atom. The van der Waals surface area contributed by atoms with E-state index < -0.39 is 17.3 Å². The van der Waals surface area contributed by atoms with Crippen LogP contribution in [0.15, 0.2) is 30.6 Å². The lowest BCUT2D eigenvalue weighted by atomic mass is 10.2. The quantitative estimate of drug-likeness (QED) is 0.793. The highest BCUT2D eigenvalue weighted by molar-refractivity contribution is 5.88. The number of carbonyl (C=O) groups is 1. The van der Waals surface area contributed by atoms with Crippen molar-refractivity contribution in [2.45, 2.75) is 6.92 Å². The topological polar surface area (TPSA) is 89.6 Å². The van der Waals surface area contributed by atoms with E-state index in [9.17, 15) is 9.18 Å². The fourth-order valence-electron chi connectivity index (χ4n) is 1.82. The lowest BCUT2D eigenvalue weighted by Crippen LogP contribution is -2.02. The zero-order chi connectivity index (χ0) is 15.0. The summed E-state index contributed by atoms with van der Waals surface area (Å²) in [6.45, 7) is 1.76. The van der Waals surface area contributed by atoms with Crippen LogP contribution in [0.2, 0.25) is 0 Å². The van der Waals surface area contributed by atoms with Crippen LogP contribution in [0, 0.1) is 12.7 Å². The van der Waals surface area contributed by atoms with Crippen LogP contribution in [0.25, 0.3) is 5.78 Å². The van der Waals surface area contributed by atoms with Crippen LogP contribution in [-0.4, -0.2) is 30.7 Å². The third-order valence-corrected chi connectivity index (χ3v) is 2.74. The highest BCUT2D eigenvalue weighted by Gasteiger charge is 2.13. The Bertz CT molecular complexity index is 847. The van der Waals surface area contributed by atoms with Gasteiger partial charge in [-0.05, 0) is 19.1 Å². The Labute approximate surface area is 117 Å². The van der Waals surface area contributed by atoms with Gasteiger partial charge in [0, 0.05) is 17.8 Å². The summed E-state index contributed by atoms with van der Waals surface area (Å²) in [5, 5.41) is 12.7. The third-order valence-electron chi connectivity index (χ3n) is 2.74. The second-order valence-electron chi connectivity index (χ2n) is 4.26. The van der Waals surface area contributed by atoms with Crippen molar-refractivity contribution in [2.75, 3.05) is 0 Å². The summed E-state index contributed by atoms with van der Waals surface area (Å²) in [6, 6.07) is 5.12. The largest absolute Gasteiger partial charge is 0.478 e. The van der Waals surface area contributed by atoms with Crippen LogP contribution >= 0.6 is 0 Å². The van der Waals surface area contributed by atoms with Gasteiger partial charge in [0.05, 0.1) is 5.56 Å². The molecule has 0 atom stereocenters. The van der Waals surface area contributed by atoms with Crippen LogP contribution in [0.5, 0.6) is 11.6 Å². The zero-order valence-corrected chi connectivity index (χ0v) is 10.8. The van der Waals surface area contributed by atoms with Crippen LogP contribution < -0.4 is 4.74 Å². The normalized spacial score (nSPS) is 10.8. The molecule has 0 aliphatic carbocycles. The van der Waals surface area contributed by atoms with Crippen molar-refractivity contribution in [3.05, 3.63) is 47.7 Å². The van der Waals surface area contributed by atoms with Crippen LogP contribution in [0.3, 0.4) is 0 Å². The fourth-order valence-corrected chi connectivity index (χ4v) is 1.82. The van der Waals surface area contributed by atoms with Crippen molar-refractivity contribution < 1.29 is 19.0 Å². The molecule has 0 aliphatic rings. The van der Waals surface area contributed by atoms with Crippen molar-refractivity contribution >= 4 is 11.7 Å². The number of halogens is 1. The number of carboxylic acid groups (broad SMARTS) is 1. The average molecular weight is 288 g/mol. The second-order valence-corrected chi connectivity index (χ2v) is 4.26. The van der Waals surface area contributed by atoms with Crippen molar-refractivity contribution in [2.24, 2.45) is 0 Å². The molecule has 2 aromatic heterocycles. The minimum absolute atomic E-state index is 0.153. The first-order chi connectivity index (χ1) is 10.0. The maximum absolute atomic E-state index is 13.6. The zero-order valence-electron chi connectivity index (χ0n) is 10.8. The highest BCUT2D eigenvalue weighted by atomic mass is 19.1. The van der Waals surface area contributed by atoms with Gasteiger partial charge in [0.15, 0.2) is 0 Å². The number of benzene rings is 1. The molecule has 7 nitrogen and oxygen atoms in total. The molecule has 106 valence electrons. The van der Waals surface area contributed by atoms with Gasteiger partial charge in [-0.15, -0.1) is 0 Å². The van der Waals surface area contributed by atoms with Crippen LogP contribution in [-0.2, 0) is 0 Å². The van der Waals surface area contributed by atoms with E-state index in [1.165, 1.54) is 16.9 Å². The van der Waals surface area contributed by atoms with E-state index in [4.69, 9.17) is 9.84 Å². The van der Waals surface area contributed by atoms with Gasteiger partial charge in [-0.3, -0.25) is 0 Å². The molecule has 3 aromatic rings. The summed E-state index contributed by atoms with van der Waals surface area (Å²) >= 11 is 0. The van der Waals surface area contributed by atoms with Crippen LogP contribution in [0.1, 0.15) is 16.1 Å². The predicted molar refractivity (Wildman–Crippen MR) is 69.0 cm³/mol. The third kappa shape index (κ3) is 2.38. The molecule has 0 bridgehead atoms. The molecule has 0 spiro atoms. The first kappa shape index (κ1) is 13.0. The van der Waals surface area contributed by atoms with Crippen molar-refractivity contribution in [3.63, 3.8) is 0 Å². The number of fused-ring (bicyclic) bond motifs is 1. The molecule has 0 aliphatic heterocycles. The van der Waals surface area contributed by atoms with E-state index in [0.717, 1.165) is 12.1 Å². The first-order valence-corrected chi connectivity index (χ1v) is 5.92. The first-order valence-electron chi connectivity index (χ1n) is 5.92. The molecule has 0 saturated heterocycles. The molecule has 0 unspecified atom stereocenters. The lowest BCUT2D eigenvalue weighted by Gasteiger charge is -2.08. The van der Waals surface area contributed by atoms with Crippen LogP contribution in [0.4, 0.5) is 4.39 Å². The van der Waals surface area contributed by atoms with E-state index in [1.807, 2.05) is 0 Å². The number of hydrogen-bond acceptors (Lipinski definition) is 5. The Kier molecular flexibility index (Phi) is 2.98. The molecular formula is C13H9FN4O3. The molecule has 0 radical (unpaired) electrons.